The Labute approximate surface area is 155 Å². The van der Waals surface area contributed by atoms with Crippen LogP contribution in [0.5, 0.6) is 5.75 Å². The van der Waals surface area contributed by atoms with Gasteiger partial charge in [-0.2, -0.15) is 4.31 Å². The molecule has 26 heavy (non-hydrogen) atoms. The highest BCUT2D eigenvalue weighted by atomic mass is 32.2. The molecule has 7 nitrogen and oxygen atoms in total. The van der Waals surface area contributed by atoms with Crippen molar-refractivity contribution in [3.05, 3.63) is 23.8 Å². The molecule has 1 atom stereocenters. The summed E-state index contributed by atoms with van der Waals surface area (Å²) < 4.78 is 37.5. The Kier molecular flexibility index (Phi) is 7.43. The second kappa shape index (κ2) is 9.34. The fourth-order valence-electron chi connectivity index (χ4n) is 2.88. The third-order valence-corrected chi connectivity index (χ3v) is 6.45. The second-order valence-electron chi connectivity index (χ2n) is 6.24. The van der Waals surface area contributed by atoms with Gasteiger partial charge in [-0.25, -0.2) is 8.42 Å². The van der Waals surface area contributed by atoms with Gasteiger partial charge in [0.2, 0.25) is 10.0 Å². The first-order valence-electron chi connectivity index (χ1n) is 9.00. The highest BCUT2D eigenvalue weighted by molar-refractivity contribution is 7.89. The maximum Gasteiger partial charge on any atom is 0.258 e. The molecule has 0 aliphatic carbocycles. The average Bonchev–Trinajstić information content (AvgIpc) is 3.13. The van der Waals surface area contributed by atoms with Gasteiger partial charge in [-0.05, 0) is 43.5 Å². The van der Waals surface area contributed by atoms with Crippen molar-refractivity contribution in [2.75, 3.05) is 32.8 Å². The second-order valence-corrected chi connectivity index (χ2v) is 8.18. The van der Waals surface area contributed by atoms with E-state index in [1.807, 2.05) is 0 Å². The summed E-state index contributed by atoms with van der Waals surface area (Å²) in [6.45, 7) is 7.33. The molecule has 1 N–H and O–H groups in total. The molecule has 1 heterocycles. The monoisotopic (exact) mass is 384 g/mol. The van der Waals surface area contributed by atoms with Crippen LogP contribution in [0.25, 0.3) is 0 Å². The third kappa shape index (κ3) is 5.18. The molecule has 8 heteroatoms. The molecule has 1 aliphatic heterocycles. The lowest BCUT2D eigenvalue weighted by Gasteiger charge is -2.19. The Balaban J connectivity index is 1.93. The van der Waals surface area contributed by atoms with Gasteiger partial charge in [0.05, 0.1) is 11.0 Å². The van der Waals surface area contributed by atoms with E-state index in [9.17, 15) is 13.2 Å². The van der Waals surface area contributed by atoms with Crippen molar-refractivity contribution in [1.29, 1.82) is 0 Å². The third-order valence-electron chi connectivity index (χ3n) is 4.40. The smallest absolute Gasteiger partial charge is 0.258 e. The number of benzene rings is 1. The van der Waals surface area contributed by atoms with Crippen LogP contribution in [0, 0.1) is 6.92 Å². The van der Waals surface area contributed by atoms with Gasteiger partial charge < -0.3 is 14.8 Å². The van der Waals surface area contributed by atoms with Crippen LogP contribution in [0.4, 0.5) is 0 Å². The molecule has 1 amide bonds. The zero-order valence-electron chi connectivity index (χ0n) is 15.7. The van der Waals surface area contributed by atoms with Crippen molar-refractivity contribution in [3.8, 4) is 5.75 Å². The van der Waals surface area contributed by atoms with Gasteiger partial charge in [-0.3, -0.25) is 4.79 Å². The zero-order valence-corrected chi connectivity index (χ0v) is 16.5. The first kappa shape index (κ1) is 20.7. The molecule has 1 saturated heterocycles. The number of sulfonamides is 1. The summed E-state index contributed by atoms with van der Waals surface area (Å²) in [7, 11) is -3.51. The standard InChI is InChI=1S/C18H28N2O5S/c1-4-20(5-2)26(22,23)16-8-9-17(14(3)11-16)25-13-18(21)19-12-15-7-6-10-24-15/h8-9,11,15H,4-7,10,12-13H2,1-3H3,(H,19,21)/t15-/m0/s1. The minimum Gasteiger partial charge on any atom is -0.484 e. The lowest BCUT2D eigenvalue weighted by atomic mass is 10.2. The van der Waals surface area contributed by atoms with Gasteiger partial charge in [0.1, 0.15) is 5.75 Å². The molecule has 0 unspecified atom stereocenters. The van der Waals surface area contributed by atoms with Crippen LogP contribution in [-0.2, 0) is 19.6 Å². The van der Waals surface area contributed by atoms with Crippen LogP contribution in [0.2, 0.25) is 0 Å². The fourth-order valence-corrected chi connectivity index (χ4v) is 4.43. The van der Waals surface area contributed by atoms with Crippen molar-refractivity contribution in [2.45, 2.75) is 44.6 Å². The predicted molar refractivity (Wildman–Crippen MR) is 98.8 cm³/mol. The number of hydrogen-bond donors (Lipinski definition) is 1. The molecule has 1 aromatic rings. The van der Waals surface area contributed by atoms with Crippen molar-refractivity contribution in [2.24, 2.45) is 0 Å². The molecule has 146 valence electrons. The topological polar surface area (TPSA) is 84.9 Å². The Morgan fingerprint density at radius 2 is 2.08 bits per heavy atom. The Morgan fingerprint density at radius 3 is 2.65 bits per heavy atom. The SMILES string of the molecule is CCN(CC)S(=O)(=O)c1ccc(OCC(=O)NC[C@@H]2CCCO2)c(C)c1. The summed E-state index contributed by atoms with van der Waals surface area (Å²) in [5.74, 6) is 0.274. The maximum atomic E-state index is 12.5. The van der Waals surface area contributed by atoms with E-state index in [0.717, 1.165) is 19.4 Å². The molecule has 1 fully saturated rings. The average molecular weight is 384 g/mol. The first-order valence-corrected chi connectivity index (χ1v) is 10.4. The summed E-state index contributed by atoms with van der Waals surface area (Å²) in [6, 6.07) is 4.69. The van der Waals surface area contributed by atoms with Crippen LogP contribution in [0.3, 0.4) is 0 Å². The largest absolute Gasteiger partial charge is 0.484 e. The molecule has 0 spiro atoms. The van der Waals surface area contributed by atoms with Gasteiger partial charge in [-0.15, -0.1) is 0 Å². The van der Waals surface area contributed by atoms with Crippen LogP contribution < -0.4 is 10.1 Å². The predicted octanol–water partition coefficient (Wildman–Crippen LogP) is 1.70. The maximum absolute atomic E-state index is 12.5. The van der Waals surface area contributed by atoms with Crippen molar-refractivity contribution in [1.82, 2.24) is 9.62 Å². The molecular weight excluding hydrogens is 356 g/mol. The minimum absolute atomic E-state index is 0.0882. The Morgan fingerprint density at radius 1 is 1.35 bits per heavy atom. The van der Waals surface area contributed by atoms with Crippen molar-refractivity contribution < 1.29 is 22.7 Å². The molecule has 1 aromatic carbocycles. The number of ether oxygens (including phenoxy) is 2. The summed E-state index contributed by atoms with van der Waals surface area (Å²) in [5, 5.41) is 2.79. The van der Waals surface area contributed by atoms with E-state index in [2.05, 4.69) is 5.32 Å². The number of nitrogens with zero attached hydrogens (tertiary/aromatic N) is 1. The quantitative estimate of drug-likeness (QED) is 0.700. The molecule has 0 bridgehead atoms. The van der Waals surface area contributed by atoms with Crippen LogP contribution in [-0.4, -0.2) is 57.6 Å². The van der Waals surface area contributed by atoms with Gasteiger partial charge in [-0.1, -0.05) is 13.8 Å². The number of hydrogen-bond acceptors (Lipinski definition) is 5. The highest BCUT2D eigenvalue weighted by Gasteiger charge is 2.22. The van der Waals surface area contributed by atoms with E-state index >= 15 is 0 Å². The zero-order chi connectivity index (χ0) is 19.2. The van der Waals surface area contributed by atoms with E-state index in [0.29, 0.717) is 30.9 Å². The first-order chi connectivity index (χ1) is 12.4. The van der Waals surface area contributed by atoms with Crippen molar-refractivity contribution >= 4 is 15.9 Å². The number of carbonyl (C=O) groups is 1. The number of nitrogens with one attached hydrogen (secondary N) is 1. The lowest BCUT2D eigenvalue weighted by Crippen LogP contribution is -2.35. The molecule has 2 rings (SSSR count). The Bertz CT molecular complexity index is 710. The van der Waals surface area contributed by atoms with Gasteiger partial charge in [0.15, 0.2) is 6.61 Å². The summed E-state index contributed by atoms with van der Waals surface area (Å²) in [5.41, 5.74) is 0.671. The van der Waals surface area contributed by atoms with E-state index in [1.54, 1.807) is 32.9 Å². The number of rotatable bonds is 9. The lowest BCUT2D eigenvalue weighted by molar-refractivity contribution is -0.123. The fraction of sp³-hybridized carbons (Fsp3) is 0.611. The number of amides is 1. The Hall–Kier alpha value is -1.64. The van der Waals surface area contributed by atoms with Gasteiger partial charge in [0, 0.05) is 26.2 Å². The van der Waals surface area contributed by atoms with Crippen molar-refractivity contribution in [3.63, 3.8) is 0 Å². The molecule has 0 radical (unpaired) electrons. The van der Waals surface area contributed by atoms with Crippen LogP contribution >= 0.6 is 0 Å². The van der Waals surface area contributed by atoms with E-state index < -0.39 is 10.0 Å². The van der Waals surface area contributed by atoms with E-state index in [1.165, 1.54) is 10.4 Å². The van der Waals surface area contributed by atoms with Crippen LogP contribution in [0.1, 0.15) is 32.3 Å². The van der Waals surface area contributed by atoms with Crippen LogP contribution in [0.15, 0.2) is 23.1 Å². The number of carbonyl (C=O) groups excluding carboxylic acids is 1. The number of aryl methyl sites for hydroxylation is 1. The summed E-state index contributed by atoms with van der Waals surface area (Å²) in [6.07, 6.45) is 2.08. The normalized spacial score (nSPS) is 17.5. The van der Waals surface area contributed by atoms with E-state index in [4.69, 9.17) is 9.47 Å². The van der Waals surface area contributed by atoms with Gasteiger partial charge in [0.25, 0.3) is 5.91 Å². The summed E-state index contributed by atoms with van der Waals surface area (Å²) >= 11 is 0. The molecular formula is C18H28N2O5S. The molecule has 0 saturated carbocycles. The molecule has 1 aliphatic rings. The summed E-state index contributed by atoms with van der Waals surface area (Å²) in [4.78, 5) is 12.1. The molecule has 0 aromatic heterocycles. The van der Waals surface area contributed by atoms with E-state index in [-0.39, 0.29) is 23.5 Å². The highest BCUT2D eigenvalue weighted by Crippen LogP contribution is 2.24. The minimum atomic E-state index is -3.51. The van der Waals surface area contributed by atoms with Gasteiger partial charge >= 0.3 is 0 Å².